The average molecular weight is 416 g/mol. The number of amides is 2. The maximum Gasteiger partial charge on any atom is 0.236 e. The van der Waals surface area contributed by atoms with Crippen molar-refractivity contribution in [3.05, 3.63) is 71.8 Å². The smallest absolute Gasteiger partial charge is 0.236 e. The van der Waals surface area contributed by atoms with Gasteiger partial charge < -0.3 is 15.5 Å². The number of piperidine rings is 1. The number of primary amides is 1. The van der Waals surface area contributed by atoms with E-state index in [1.165, 1.54) is 0 Å². The Morgan fingerprint density at radius 1 is 1.03 bits per heavy atom. The fourth-order valence-electron chi connectivity index (χ4n) is 4.45. The molecule has 2 aromatic rings. The summed E-state index contributed by atoms with van der Waals surface area (Å²) in [7, 11) is 3.78. The Bertz CT molecular complexity index is 772. The van der Waals surface area contributed by atoms with Crippen LogP contribution in [0.25, 0.3) is 0 Å². The highest BCUT2D eigenvalue weighted by Gasteiger charge is 2.48. The molecule has 1 aliphatic rings. The van der Waals surface area contributed by atoms with Gasteiger partial charge in [0, 0.05) is 13.1 Å². The van der Waals surface area contributed by atoms with Crippen molar-refractivity contribution in [2.75, 3.05) is 33.7 Å². The van der Waals surface area contributed by atoms with E-state index in [1.54, 1.807) is 0 Å². The van der Waals surface area contributed by atoms with Gasteiger partial charge in [-0.15, -0.1) is 12.4 Å². The first-order valence-electron chi connectivity index (χ1n) is 9.79. The largest absolute Gasteiger partial charge is 0.369 e. The highest BCUT2D eigenvalue weighted by molar-refractivity contribution is 5.91. The summed E-state index contributed by atoms with van der Waals surface area (Å²) in [4.78, 5) is 29.5. The predicted octanol–water partition coefficient (Wildman–Crippen LogP) is 2.68. The van der Waals surface area contributed by atoms with E-state index in [0.717, 1.165) is 30.5 Å². The number of benzene rings is 2. The second kappa shape index (κ2) is 9.90. The molecule has 0 radical (unpaired) electrons. The number of nitrogens with zero attached hydrogens (tertiary/aromatic N) is 2. The molecule has 1 atom stereocenters. The number of rotatable bonds is 6. The molecular formula is C23H30ClN3O2. The molecule has 0 bridgehead atoms. The summed E-state index contributed by atoms with van der Waals surface area (Å²) >= 11 is 0. The minimum absolute atomic E-state index is 0. The summed E-state index contributed by atoms with van der Waals surface area (Å²) in [5, 5.41) is 0. The van der Waals surface area contributed by atoms with E-state index in [1.807, 2.05) is 84.6 Å². The molecule has 6 heteroatoms. The van der Waals surface area contributed by atoms with Crippen LogP contribution in [0.3, 0.4) is 0 Å². The molecule has 1 heterocycles. The molecule has 1 unspecified atom stereocenters. The molecule has 2 aromatic carbocycles. The molecule has 156 valence electrons. The molecule has 0 aromatic heterocycles. The van der Waals surface area contributed by atoms with Gasteiger partial charge in [0.15, 0.2) is 0 Å². The van der Waals surface area contributed by atoms with E-state index in [-0.39, 0.29) is 30.1 Å². The SMILES string of the molecule is CN(C)CC(=O)N1CCCC(C(C(N)=O)(c2ccccc2)c2ccccc2)C1.Cl. The Hall–Kier alpha value is -2.37. The standard InChI is InChI=1S/C23H29N3O2.ClH/c1-25(2)17-21(27)26-15-9-14-20(16-26)23(22(24)28,18-10-5-3-6-11-18)19-12-7-4-8-13-19;/h3-8,10-13,20H,9,14-17H2,1-2H3,(H2,24,28);1H. The molecular weight excluding hydrogens is 386 g/mol. The average Bonchev–Trinajstić information content (AvgIpc) is 2.70. The molecule has 0 saturated carbocycles. The van der Waals surface area contributed by atoms with Crippen molar-refractivity contribution in [1.82, 2.24) is 9.80 Å². The minimum atomic E-state index is -0.959. The van der Waals surface area contributed by atoms with Crippen molar-refractivity contribution in [2.45, 2.75) is 18.3 Å². The first-order valence-corrected chi connectivity index (χ1v) is 9.79. The zero-order valence-electron chi connectivity index (χ0n) is 17.1. The molecule has 2 N–H and O–H groups in total. The molecule has 5 nitrogen and oxygen atoms in total. The summed E-state index contributed by atoms with van der Waals surface area (Å²) in [5.74, 6) is -0.347. The monoisotopic (exact) mass is 415 g/mol. The highest BCUT2D eigenvalue weighted by Crippen LogP contribution is 2.43. The van der Waals surface area contributed by atoms with Crippen molar-refractivity contribution in [3.63, 3.8) is 0 Å². The van der Waals surface area contributed by atoms with Crippen molar-refractivity contribution >= 4 is 24.2 Å². The van der Waals surface area contributed by atoms with Crippen LogP contribution in [0, 0.1) is 5.92 Å². The first kappa shape index (κ1) is 22.9. The van der Waals surface area contributed by atoms with Crippen LogP contribution in [0.4, 0.5) is 0 Å². The maximum atomic E-state index is 13.1. The number of hydrogen-bond donors (Lipinski definition) is 1. The van der Waals surface area contributed by atoms with E-state index in [4.69, 9.17) is 5.73 Å². The van der Waals surface area contributed by atoms with Crippen molar-refractivity contribution in [1.29, 1.82) is 0 Å². The normalized spacial score (nSPS) is 16.9. The van der Waals surface area contributed by atoms with Crippen LogP contribution in [0.2, 0.25) is 0 Å². The number of nitrogens with two attached hydrogens (primary N) is 1. The second-order valence-electron chi connectivity index (χ2n) is 7.82. The van der Waals surface area contributed by atoms with Gasteiger partial charge in [-0.1, -0.05) is 60.7 Å². The van der Waals surface area contributed by atoms with Crippen LogP contribution >= 0.6 is 12.4 Å². The van der Waals surface area contributed by atoms with Gasteiger partial charge in [-0.2, -0.15) is 0 Å². The first-order chi connectivity index (χ1) is 13.5. The van der Waals surface area contributed by atoms with Gasteiger partial charge in [-0.05, 0) is 44.0 Å². The molecule has 1 fully saturated rings. The van der Waals surface area contributed by atoms with Gasteiger partial charge in [0.25, 0.3) is 0 Å². The molecule has 3 rings (SSSR count). The lowest BCUT2D eigenvalue weighted by molar-refractivity contribution is -0.136. The van der Waals surface area contributed by atoms with Crippen LogP contribution < -0.4 is 5.73 Å². The van der Waals surface area contributed by atoms with E-state index < -0.39 is 5.41 Å². The summed E-state index contributed by atoms with van der Waals surface area (Å²) in [6.07, 6.45) is 1.71. The number of carbonyl (C=O) groups excluding carboxylic acids is 2. The Kier molecular flexibility index (Phi) is 7.82. The molecule has 0 aliphatic carbocycles. The van der Waals surface area contributed by atoms with Crippen LogP contribution in [0.15, 0.2) is 60.7 Å². The van der Waals surface area contributed by atoms with Gasteiger partial charge in [0.2, 0.25) is 11.8 Å². The lowest BCUT2D eigenvalue weighted by Gasteiger charge is -2.44. The quantitative estimate of drug-likeness (QED) is 0.788. The molecule has 29 heavy (non-hydrogen) atoms. The van der Waals surface area contributed by atoms with Crippen LogP contribution in [0.1, 0.15) is 24.0 Å². The second-order valence-corrected chi connectivity index (χ2v) is 7.82. The zero-order chi connectivity index (χ0) is 20.1. The van der Waals surface area contributed by atoms with Crippen molar-refractivity contribution in [3.8, 4) is 0 Å². The third kappa shape index (κ3) is 4.62. The topological polar surface area (TPSA) is 66.6 Å². The number of likely N-dealkylation sites (tertiary alicyclic amines) is 1. The third-order valence-electron chi connectivity index (χ3n) is 5.68. The van der Waals surface area contributed by atoms with Gasteiger partial charge in [-0.3, -0.25) is 9.59 Å². The van der Waals surface area contributed by atoms with E-state index in [2.05, 4.69) is 0 Å². The summed E-state index contributed by atoms with van der Waals surface area (Å²) in [6, 6.07) is 19.5. The van der Waals surface area contributed by atoms with Crippen molar-refractivity contribution < 1.29 is 9.59 Å². The van der Waals surface area contributed by atoms with Gasteiger partial charge >= 0.3 is 0 Å². The fraction of sp³-hybridized carbons (Fsp3) is 0.391. The predicted molar refractivity (Wildman–Crippen MR) is 118 cm³/mol. The van der Waals surface area contributed by atoms with E-state index in [0.29, 0.717) is 13.1 Å². The molecule has 1 saturated heterocycles. The Morgan fingerprint density at radius 3 is 2.00 bits per heavy atom. The number of halogens is 1. The Balaban J connectivity index is 0.00000300. The summed E-state index contributed by atoms with van der Waals surface area (Å²) < 4.78 is 0. The van der Waals surface area contributed by atoms with Gasteiger partial charge in [0.05, 0.1) is 6.54 Å². The van der Waals surface area contributed by atoms with Gasteiger partial charge in [-0.25, -0.2) is 0 Å². The highest BCUT2D eigenvalue weighted by atomic mass is 35.5. The molecule has 1 aliphatic heterocycles. The lowest BCUT2D eigenvalue weighted by Crippen LogP contribution is -2.55. The van der Waals surface area contributed by atoms with Crippen LogP contribution in [-0.4, -0.2) is 55.3 Å². The van der Waals surface area contributed by atoms with Gasteiger partial charge in [0.1, 0.15) is 5.41 Å². The van der Waals surface area contributed by atoms with E-state index >= 15 is 0 Å². The van der Waals surface area contributed by atoms with Crippen LogP contribution in [-0.2, 0) is 15.0 Å². The fourth-order valence-corrected chi connectivity index (χ4v) is 4.45. The third-order valence-corrected chi connectivity index (χ3v) is 5.68. The number of hydrogen-bond acceptors (Lipinski definition) is 3. The molecule has 0 spiro atoms. The Labute approximate surface area is 179 Å². The van der Waals surface area contributed by atoms with E-state index in [9.17, 15) is 9.59 Å². The maximum absolute atomic E-state index is 13.1. The number of carbonyl (C=O) groups is 2. The number of likely N-dealkylation sites (N-methyl/N-ethyl adjacent to an activating group) is 1. The summed E-state index contributed by atoms with van der Waals surface area (Å²) in [6.45, 7) is 1.62. The zero-order valence-corrected chi connectivity index (χ0v) is 17.9. The van der Waals surface area contributed by atoms with Crippen molar-refractivity contribution in [2.24, 2.45) is 11.7 Å². The minimum Gasteiger partial charge on any atom is -0.369 e. The summed E-state index contributed by atoms with van der Waals surface area (Å²) in [5.41, 5.74) is 6.94. The molecule has 2 amide bonds. The van der Waals surface area contributed by atoms with Crippen LogP contribution in [0.5, 0.6) is 0 Å². The Morgan fingerprint density at radius 2 is 1.55 bits per heavy atom. The lowest BCUT2D eigenvalue weighted by atomic mass is 9.63.